The summed E-state index contributed by atoms with van der Waals surface area (Å²) in [6.07, 6.45) is -10.8. The number of hydrogen-bond donors (Lipinski definition) is 0. The zero-order valence-corrected chi connectivity index (χ0v) is 6.87. The fraction of sp³-hybridized carbons (Fsp3) is 0.667. The SMILES string of the molecule is C=COC(F)(F)C(F)(F)C(F)(F)OC. The monoisotopic (exact) mass is 224 g/mol. The number of alkyl halides is 6. The van der Waals surface area contributed by atoms with E-state index in [0.717, 1.165) is 0 Å². The van der Waals surface area contributed by atoms with E-state index in [1.165, 1.54) is 0 Å². The first-order valence-electron chi connectivity index (χ1n) is 3.09. The zero-order valence-electron chi connectivity index (χ0n) is 6.87. The number of rotatable bonds is 5. The van der Waals surface area contributed by atoms with Gasteiger partial charge in [-0.2, -0.15) is 26.3 Å². The third-order valence-corrected chi connectivity index (χ3v) is 1.22. The highest BCUT2D eigenvalue weighted by molar-refractivity contribution is 4.86. The molecular weight excluding hydrogens is 218 g/mol. The van der Waals surface area contributed by atoms with Gasteiger partial charge in [0.25, 0.3) is 0 Å². The van der Waals surface area contributed by atoms with Gasteiger partial charge in [-0.25, -0.2) is 0 Å². The molecule has 0 saturated carbocycles. The van der Waals surface area contributed by atoms with E-state index in [4.69, 9.17) is 0 Å². The number of methoxy groups -OCH3 is 1. The molecule has 0 rings (SSSR count). The number of hydrogen-bond acceptors (Lipinski definition) is 2. The number of ether oxygens (including phenoxy) is 2. The Morgan fingerprint density at radius 3 is 1.71 bits per heavy atom. The standard InChI is InChI=1S/C6H6F6O2/c1-3-14-6(11,12)4(7,8)5(9,10)13-2/h3H,1H2,2H3. The van der Waals surface area contributed by atoms with E-state index in [1.54, 1.807) is 0 Å². The van der Waals surface area contributed by atoms with E-state index in [2.05, 4.69) is 16.1 Å². The summed E-state index contributed by atoms with van der Waals surface area (Å²) in [5, 5.41) is 0. The Morgan fingerprint density at radius 2 is 1.43 bits per heavy atom. The maximum absolute atomic E-state index is 12.4. The molecule has 0 spiro atoms. The van der Waals surface area contributed by atoms with Crippen molar-refractivity contribution in [2.75, 3.05) is 7.11 Å². The maximum atomic E-state index is 12.4. The molecular formula is C6H6F6O2. The highest BCUT2D eigenvalue weighted by Crippen LogP contribution is 2.46. The molecule has 0 aromatic heterocycles. The lowest BCUT2D eigenvalue weighted by atomic mass is 10.3. The minimum absolute atomic E-state index is 0.0698. The second kappa shape index (κ2) is 3.68. The first-order valence-corrected chi connectivity index (χ1v) is 3.09. The van der Waals surface area contributed by atoms with Crippen LogP contribution in [0.25, 0.3) is 0 Å². The van der Waals surface area contributed by atoms with Crippen molar-refractivity contribution in [2.24, 2.45) is 0 Å². The van der Waals surface area contributed by atoms with E-state index in [9.17, 15) is 26.3 Å². The summed E-state index contributed by atoms with van der Waals surface area (Å²) < 4.78 is 79.6. The van der Waals surface area contributed by atoms with Crippen molar-refractivity contribution in [1.29, 1.82) is 0 Å². The van der Waals surface area contributed by atoms with Gasteiger partial charge in [0.2, 0.25) is 0 Å². The van der Waals surface area contributed by atoms with Crippen molar-refractivity contribution < 1.29 is 35.8 Å². The molecule has 0 radical (unpaired) electrons. The smallest absolute Gasteiger partial charge is 0.436 e. The predicted octanol–water partition coefficient (Wildman–Crippen LogP) is 2.61. The van der Waals surface area contributed by atoms with Gasteiger partial charge in [0.1, 0.15) is 0 Å². The van der Waals surface area contributed by atoms with Crippen LogP contribution in [0.2, 0.25) is 0 Å². The molecule has 0 bridgehead atoms. The second-order valence-corrected chi connectivity index (χ2v) is 2.10. The molecule has 0 aromatic carbocycles. The van der Waals surface area contributed by atoms with Crippen molar-refractivity contribution in [3.8, 4) is 0 Å². The van der Waals surface area contributed by atoms with Gasteiger partial charge in [0, 0.05) is 7.11 Å². The lowest BCUT2D eigenvalue weighted by molar-refractivity contribution is -0.437. The minimum Gasteiger partial charge on any atom is -0.436 e. The third-order valence-electron chi connectivity index (χ3n) is 1.22. The predicted molar refractivity (Wildman–Crippen MR) is 33.1 cm³/mol. The topological polar surface area (TPSA) is 18.5 Å². The molecule has 0 aromatic rings. The van der Waals surface area contributed by atoms with Crippen LogP contribution in [0.15, 0.2) is 12.8 Å². The van der Waals surface area contributed by atoms with Crippen LogP contribution >= 0.6 is 0 Å². The normalized spacial score (nSPS) is 13.9. The molecule has 8 heteroatoms. The molecule has 0 amide bonds. The van der Waals surface area contributed by atoms with Crippen LogP contribution in [-0.2, 0) is 9.47 Å². The first kappa shape index (κ1) is 13.1. The highest BCUT2D eigenvalue weighted by atomic mass is 19.4. The van der Waals surface area contributed by atoms with Crippen molar-refractivity contribution in [3.05, 3.63) is 12.8 Å². The first-order chi connectivity index (χ1) is 6.12. The molecule has 0 N–H and O–H groups in total. The van der Waals surface area contributed by atoms with Crippen LogP contribution in [0, 0.1) is 0 Å². The van der Waals surface area contributed by atoms with Crippen LogP contribution in [0.1, 0.15) is 0 Å². The average molecular weight is 224 g/mol. The van der Waals surface area contributed by atoms with Gasteiger partial charge in [-0.15, -0.1) is 0 Å². The Balaban J connectivity index is 5.01. The molecule has 0 aliphatic carbocycles. The summed E-state index contributed by atoms with van der Waals surface area (Å²) in [6.45, 7) is 2.55. The molecule has 0 heterocycles. The highest BCUT2D eigenvalue weighted by Gasteiger charge is 2.75. The Morgan fingerprint density at radius 1 is 1.00 bits per heavy atom. The lowest BCUT2D eigenvalue weighted by Gasteiger charge is -2.29. The quantitative estimate of drug-likeness (QED) is 0.527. The minimum atomic E-state index is -5.79. The molecule has 14 heavy (non-hydrogen) atoms. The number of halogens is 6. The van der Waals surface area contributed by atoms with E-state index >= 15 is 0 Å². The van der Waals surface area contributed by atoms with Crippen LogP contribution in [0.5, 0.6) is 0 Å². The average Bonchev–Trinajstić information content (AvgIpc) is 2.03. The second-order valence-electron chi connectivity index (χ2n) is 2.10. The fourth-order valence-corrected chi connectivity index (χ4v) is 0.476. The third kappa shape index (κ3) is 1.94. The van der Waals surface area contributed by atoms with Crippen molar-refractivity contribution in [3.63, 3.8) is 0 Å². The van der Waals surface area contributed by atoms with Gasteiger partial charge < -0.3 is 9.47 Å². The molecule has 0 unspecified atom stereocenters. The van der Waals surface area contributed by atoms with Gasteiger partial charge >= 0.3 is 18.1 Å². The van der Waals surface area contributed by atoms with Gasteiger partial charge in [-0.05, 0) is 0 Å². The largest absolute Gasteiger partial charge is 0.473 e. The van der Waals surface area contributed by atoms with Gasteiger partial charge in [-0.1, -0.05) is 6.58 Å². The summed E-state index contributed by atoms with van der Waals surface area (Å²) in [5.41, 5.74) is 0. The van der Waals surface area contributed by atoms with Gasteiger partial charge in [0.05, 0.1) is 6.26 Å². The van der Waals surface area contributed by atoms with E-state index in [1.807, 2.05) is 0 Å². The van der Waals surface area contributed by atoms with Crippen molar-refractivity contribution >= 4 is 0 Å². The summed E-state index contributed by atoms with van der Waals surface area (Å²) in [4.78, 5) is 0. The Kier molecular flexibility index (Phi) is 3.44. The summed E-state index contributed by atoms with van der Waals surface area (Å²) in [5.74, 6) is -5.79. The van der Waals surface area contributed by atoms with Gasteiger partial charge in [-0.3, -0.25) is 0 Å². The Hall–Kier alpha value is -0.920. The van der Waals surface area contributed by atoms with E-state index < -0.39 is 18.1 Å². The van der Waals surface area contributed by atoms with Crippen LogP contribution < -0.4 is 0 Å². The molecule has 0 aliphatic rings. The fourth-order valence-electron chi connectivity index (χ4n) is 0.476. The Labute approximate surface area is 75.1 Å². The van der Waals surface area contributed by atoms with Crippen LogP contribution in [0.4, 0.5) is 26.3 Å². The zero-order chi connectivity index (χ0) is 11.6. The van der Waals surface area contributed by atoms with Crippen LogP contribution in [0.3, 0.4) is 0 Å². The lowest BCUT2D eigenvalue weighted by Crippen LogP contribution is -2.55. The summed E-state index contributed by atoms with van der Waals surface area (Å²) >= 11 is 0. The summed E-state index contributed by atoms with van der Waals surface area (Å²) in [6, 6.07) is 0. The molecule has 0 saturated heterocycles. The molecule has 84 valence electrons. The van der Waals surface area contributed by atoms with Crippen molar-refractivity contribution in [1.82, 2.24) is 0 Å². The van der Waals surface area contributed by atoms with E-state index in [-0.39, 0.29) is 13.4 Å². The van der Waals surface area contributed by atoms with Gasteiger partial charge in [0.15, 0.2) is 0 Å². The van der Waals surface area contributed by atoms with Crippen molar-refractivity contribution in [2.45, 2.75) is 18.1 Å². The Bertz CT molecular complexity index is 214. The maximum Gasteiger partial charge on any atom is 0.473 e. The molecule has 2 nitrogen and oxygen atoms in total. The van der Waals surface area contributed by atoms with Crippen LogP contribution in [-0.4, -0.2) is 25.2 Å². The molecule has 0 aliphatic heterocycles. The molecule has 0 atom stereocenters. The van der Waals surface area contributed by atoms with E-state index in [0.29, 0.717) is 0 Å². The molecule has 0 fully saturated rings. The summed E-state index contributed by atoms with van der Waals surface area (Å²) in [7, 11) is 0.165.